The average Bonchev–Trinajstić information content (AvgIpc) is 2.39. The maximum absolute atomic E-state index is 12.8. The molecular formula is C15H20FNO3S. The molecule has 0 bridgehead atoms. The molecule has 0 atom stereocenters. The fraction of sp³-hybridized carbons (Fsp3) is 0.467. The Hall–Kier alpha value is -1.56. The predicted octanol–water partition coefficient (Wildman–Crippen LogP) is 2.63. The Morgan fingerprint density at radius 3 is 2.43 bits per heavy atom. The Morgan fingerprint density at radius 2 is 1.90 bits per heavy atom. The number of carboxylic acids is 1. The van der Waals surface area contributed by atoms with Crippen molar-refractivity contribution in [2.24, 2.45) is 5.92 Å². The molecule has 0 fully saturated rings. The first kappa shape index (κ1) is 17.5. The Bertz CT molecular complexity index is 476. The molecule has 116 valence electrons. The smallest absolute Gasteiger partial charge is 0.323 e. The summed E-state index contributed by atoms with van der Waals surface area (Å²) in [5.41, 5.74) is 0.933. The summed E-state index contributed by atoms with van der Waals surface area (Å²) >= 11 is 1.40. The molecule has 0 aliphatic heterocycles. The molecule has 0 radical (unpaired) electrons. The zero-order chi connectivity index (χ0) is 15.8. The SMILES string of the molecule is CC(C)CN(CC(=O)O)C(=O)CSCc1ccc(F)cc1. The number of aliphatic carboxylic acids is 1. The molecule has 0 aliphatic rings. The molecule has 0 aliphatic carbocycles. The zero-order valence-electron chi connectivity index (χ0n) is 12.2. The Balaban J connectivity index is 2.45. The standard InChI is InChI=1S/C15H20FNO3S/c1-11(2)7-17(8-15(19)20)14(18)10-21-9-12-3-5-13(16)6-4-12/h3-6,11H,7-10H2,1-2H3,(H,19,20). The molecule has 0 spiro atoms. The van der Waals surface area contributed by atoms with Crippen molar-refractivity contribution in [1.82, 2.24) is 4.90 Å². The van der Waals surface area contributed by atoms with E-state index in [4.69, 9.17) is 5.11 Å². The van der Waals surface area contributed by atoms with Crippen molar-refractivity contribution in [3.63, 3.8) is 0 Å². The van der Waals surface area contributed by atoms with Crippen LogP contribution in [0.4, 0.5) is 4.39 Å². The molecule has 1 N–H and O–H groups in total. The monoisotopic (exact) mass is 313 g/mol. The van der Waals surface area contributed by atoms with E-state index in [9.17, 15) is 14.0 Å². The number of benzene rings is 1. The average molecular weight is 313 g/mol. The third-order valence-corrected chi connectivity index (χ3v) is 3.66. The van der Waals surface area contributed by atoms with Crippen LogP contribution in [0, 0.1) is 11.7 Å². The highest BCUT2D eigenvalue weighted by Gasteiger charge is 2.17. The van der Waals surface area contributed by atoms with Gasteiger partial charge in [-0.25, -0.2) is 4.39 Å². The number of hydrogen-bond donors (Lipinski definition) is 1. The number of halogens is 1. The summed E-state index contributed by atoms with van der Waals surface area (Å²) < 4.78 is 12.8. The van der Waals surface area contributed by atoms with Crippen LogP contribution in [0.3, 0.4) is 0 Å². The fourth-order valence-electron chi connectivity index (χ4n) is 1.79. The summed E-state index contributed by atoms with van der Waals surface area (Å²) in [6, 6.07) is 6.12. The van der Waals surface area contributed by atoms with Crippen LogP contribution in [0.15, 0.2) is 24.3 Å². The van der Waals surface area contributed by atoms with Gasteiger partial charge in [0.15, 0.2) is 0 Å². The minimum atomic E-state index is -1.01. The summed E-state index contributed by atoms with van der Waals surface area (Å²) in [5.74, 6) is -0.447. The molecule has 0 saturated carbocycles. The van der Waals surface area contributed by atoms with E-state index in [1.807, 2.05) is 13.8 Å². The number of amides is 1. The zero-order valence-corrected chi connectivity index (χ0v) is 13.0. The van der Waals surface area contributed by atoms with Crippen molar-refractivity contribution < 1.29 is 19.1 Å². The van der Waals surface area contributed by atoms with E-state index < -0.39 is 5.97 Å². The van der Waals surface area contributed by atoms with Gasteiger partial charge in [0.25, 0.3) is 0 Å². The molecule has 6 heteroatoms. The van der Waals surface area contributed by atoms with Gasteiger partial charge < -0.3 is 10.0 Å². The van der Waals surface area contributed by atoms with Gasteiger partial charge in [0.2, 0.25) is 5.91 Å². The van der Waals surface area contributed by atoms with E-state index in [2.05, 4.69) is 0 Å². The molecule has 4 nitrogen and oxygen atoms in total. The van der Waals surface area contributed by atoms with Crippen molar-refractivity contribution in [3.05, 3.63) is 35.6 Å². The number of nitrogens with zero attached hydrogens (tertiary/aromatic N) is 1. The Morgan fingerprint density at radius 1 is 1.29 bits per heavy atom. The number of thioether (sulfide) groups is 1. The second-order valence-corrected chi connectivity index (χ2v) is 6.17. The summed E-state index contributed by atoms with van der Waals surface area (Å²) in [6.45, 7) is 4.04. The van der Waals surface area contributed by atoms with Crippen LogP contribution < -0.4 is 0 Å². The van der Waals surface area contributed by atoms with Gasteiger partial charge >= 0.3 is 5.97 Å². The van der Waals surface area contributed by atoms with Gasteiger partial charge in [0, 0.05) is 12.3 Å². The molecule has 0 saturated heterocycles. The van der Waals surface area contributed by atoms with Crippen molar-refractivity contribution in [1.29, 1.82) is 0 Å². The summed E-state index contributed by atoms with van der Waals surface area (Å²) in [6.07, 6.45) is 0. The van der Waals surface area contributed by atoms with Crippen molar-refractivity contribution in [3.8, 4) is 0 Å². The van der Waals surface area contributed by atoms with Crippen LogP contribution in [0.5, 0.6) is 0 Å². The lowest BCUT2D eigenvalue weighted by Crippen LogP contribution is -2.39. The number of carbonyl (C=O) groups is 2. The molecule has 21 heavy (non-hydrogen) atoms. The van der Waals surface area contributed by atoms with E-state index in [1.165, 1.54) is 28.8 Å². The van der Waals surface area contributed by atoms with E-state index in [0.717, 1.165) is 5.56 Å². The highest BCUT2D eigenvalue weighted by molar-refractivity contribution is 7.99. The lowest BCUT2D eigenvalue weighted by atomic mass is 10.2. The maximum Gasteiger partial charge on any atom is 0.323 e. The second kappa shape index (κ2) is 8.67. The van der Waals surface area contributed by atoms with Crippen LogP contribution in [0.25, 0.3) is 0 Å². The van der Waals surface area contributed by atoms with Gasteiger partial charge in [0.1, 0.15) is 12.4 Å². The molecule has 1 aromatic carbocycles. The Kier molecular flexibility index (Phi) is 7.22. The van der Waals surface area contributed by atoms with E-state index in [0.29, 0.717) is 12.3 Å². The van der Waals surface area contributed by atoms with Crippen LogP contribution in [-0.4, -0.2) is 40.7 Å². The van der Waals surface area contributed by atoms with Gasteiger partial charge in [-0.05, 0) is 23.6 Å². The number of carboxylic acid groups (broad SMARTS) is 1. The van der Waals surface area contributed by atoms with E-state index in [-0.39, 0.29) is 29.9 Å². The predicted molar refractivity (Wildman–Crippen MR) is 81.6 cm³/mol. The first-order valence-electron chi connectivity index (χ1n) is 6.70. The van der Waals surface area contributed by atoms with E-state index >= 15 is 0 Å². The minimum absolute atomic E-state index is 0.182. The minimum Gasteiger partial charge on any atom is -0.480 e. The number of carbonyl (C=O) groups excluding carboxylic acids is 1. The maximum atomic E-state index is 12.8. The molecule has 1 rings (SSSR count). The summed E-state index contributed by atoms with van der Waals surface area (Å²) in [7, 11) is 0. The van der Waals surface area contributed by atoms with Crippen LogP contribution in [0.1, 0.15) is 19.4 Å². The largest absolute Gasteiger partial charge is 0.480 e. The Labute approximate surface area is 128 Å². The highest BCUT2D eigenvalue weighted by Crippen LogP contribution is 2.14. The van der Waals surface area contributed by atoms with Crippen LogP contribution >= 0.6 is 11.8 Å². The van der Waals surface area contributed by atoms with Gasteiger partial charge in [-0.3, -0.25) is 9.59 Å². The van der Waals surface area contributed by atoms with Gasteiger partial charge in [-0.15, -0.1) is 11.8 Å². The lowest BCUT2D eigenvalue weighted by Gasteiger charge is -2.22. The van der Waals surface area contributed by atoms with Crippen molar-refractivity contribution >= 4 is 23.6 Å². The summed E-state index contributed by atoms with van der Waals surface area (Å²) in [5, 5.41) is 8.84. The molecule has 0 unspecified atom stereocenters. The van der Waals surface area contributed by atoms with Crippen molar-refractivity contribution in [2.45, 2.75) is 19.6 Å². The molecule has 0 aromatic heterocycles. The van der Waals surface area contributed by atoms with Crippen molar-refractivity contribution in [2.75, 3.05) is 18.8 Å². The quantitative estimate of drug-likeness (QED) is 0.801. The molecule has 1 amide bonds. The van der Waals surface area contributed by atoms with E-state index in [1.54, 1.807) is 12.1 Å². The highest BCUT2D eigenvalue weighted by atomic mass is 32.2. The topological polar surface area (TPSA) is 57.6 Å². The van der Waals surface area contributed by atoms with Gasteiger partial charge in [-0.2, -0.15) is 0 Å². The lowest BCUT2D eigenvalue weighted by molar-refractivity contribution is -0.143. The van der Waals surface area contributed by atoms with Crippen LogP contribution in [-0.2, 0) is 15.3 Å². The van der Waals surface area contributed by atoms with Gasteiger partial charge in [-0.1, -0.05) is 26.0 Å². The molecular weight excluding hydrogens is 293 g/mol. The number of rotatable bonds is 8. The molecule has 0 heterocycles. The van der Waals surface area contributed by atoms with Crippen LogP contribution in [0.2, 0.25) is 0 Å². The third kappa shape index (κ3) is 7.13. The summed E-state index contributed by atoms with van der Waals surface area (Å²) in [4.78, 5) is 24.2. The first-order valence-corrected chi connectivity index (χ1v) is 7.85. The third-order valence-electron chi connectivity index (χ3n) is 2.67. The number of hydrogen-bond acceptors (Lipinski definition) is 3. The van der Waals surface area contributed by atoms with Gasteiger partial charge in [0.05, 0.1) is 5.75 Å². The molecule has 1 aromatic rings. The normalized spacial score (nSPS) is 10.7. The first-order chi connectivity index (χ1) is 9.88. The second-order valence-electron chi connectivity index (χ2n) is 5.18. The fourth-order valence-corrected chi connectivity index (χ4v) is 2.67.